The van der Waals surface area contributed by atoms with E-state index in [9.17, 15) is 4.79 Å². The van der Waals surface area contributed by atoms with Gasteiger partial charge in [0, 0.05) is 37.8 Å². The van der Waals surface area contributed by atoms with Crippen molar-refractivity contribution in [3.05, 3.63) is 42.0 Å². The molecule has 1 aliphatic rings. The molecular formula is C18H21ClN2O5. The normalized spacial score (nSPS) is 11.6. The molecule has 0 unspecified atom stereocenters. The fraction of sp³-hybridized carbons (Fsp3) is 0.278. The molecule has 1 heterocycles. The molecule has 0 saturated heterocycles. The molecule has 0 fully saturated rings. The summed E-state index contributed by atoms with van der Waals surface area (Å²) in [5.41, 5.74) is 7.34. The zero-order valence-corrected chi connectivity index (χ0v) is 15.1. The number of carbonyl (C=O) groups excluding carboxylic acids is 1. The number of ether oxygens (including phenoxy) is 4. The Morgan fingerprint density at radius 3 is 2.54 bits per heavy atom. The van der Waals surface area contributed by atoms with Crippen molar-refractivity contribution in [3.63, 3.8) is 0 Å². The van der Waals surface area contributed by atoms with Crippen molar-refractivity contribution in [2.24, 2.45) is 0 Å². The van der Waals surface area contributed by atoms with E-state index < -0.39 is 0 Å². The van der Waals surface area contributed by atoms with Gasteiger partial charge in [-0.15, -0.1) is 12.4 Å². The highest BCUT2D eigenvalue weighted by atomic mass is 35.5. The van der Waals surface area contributed by atoms with E-state index >= 15 is 0 Å². The van der Waals surface area contributed by atoms with E-state index in [4.69, 9.17) is 24.7 Å². The smallest absolute Gasteiger partial charge is 0.255 e. The highest BCUT2D eigenvalue weighted by molar-refractivity contribution is 6.06. The molecule has 7 nitrogen and oxygen atoms in total. The van der Waals surface area contributed by atoms with Crippen molar-refractivity contribution in [3.8, 4) is 17.2 Å². The van der Waals surface area contributed by atoms with Gasteiger partial charge in [0.05, 0.1) is 18.0 Å². The van der Waals surface area contributed by atoms with Crippen LogP contribution in [0.5, 0.6) is 17.2 Å². The maximum absolute atomic E-state index is 12.4. The lowest BCUT2D eigenvalue weighted by atomic mass is 10.2. The first kappa shape index (κ1) is 19.7. The molecule has 0 aromatic heterocycles. The maximum Gasteiger partial charge on any atom is 0.255 e. The molecule has 0 atom stereocenters. The Morgan fingerprint density at radius 1 is 1.15 bits per heavy atom. The molecule has 2 aromatic rings. The Balaban J connectivity index is 0.00000243. The van der Waals surface area contributed by atoms with E-state index in [1.54, 1.807) is 43.5 Å². The van der Waals surface area contributed by atoms with E-state index in [-0.39, 0.29) is 25.1 Å². The predicted molar refractivity (Wildman–Crippen MR) is 101 cm³/mol. The molecule has 3 rings (SSSR count). The van der Waals surface area contributed by atoms with Crippen LogP contribution in [0.1, 0.15) is 16.8 Å². The van der Waals surface area contributed by atoms with Crippen molar-refractivity contribution in [1.29, 1.82) is 0 Å². The van der Waals surface area contributed by atoms with E-state index in [0.717, 1.165) is 6.42 Å². The van der Waals surface area contributed by atoms with Gasteiger partial charge in [-0.1, -0.05) is 0 Å². The summed E-state index contributed by atoms with van der Waals surface area (Å²) in [6.07, 6.45) is 0.808. The topological polar surface area (TPSA) is 92.0 Å². The molecule has 26 heavy (non-hydrogen) atoms. The number of nitrogens with one attached hydrogen (secondary N) is 1. The van der Waals surface area contributed by atoms with Gasteiger partial charge in [0.2, 0.25) is 6.79 Å². The van der Waals surface area contributed by atoms with Crippen LogP contribution in [0, 0.1) is 0 Å². The number of rotatable bonds is 7. The van der Waals surface area contributed by atoms with Crippen molar-refractivity contribution in [2.75, 3.05) is 38.2 Å². The van der Waals surface area contributed by atoms with Gasteiger partial charge < -0.3 is 30.0 Å². The van der Waals surface area contributed by atoms with Crippen LogP contribution in [0.2, 0.25) is 0 Å². The fourth-order valence-electron chi connectivity index (χ4n) is 2.36. The number of nitrogens with two attached hydrogens (primary N) is 1. The molecule has 1 amide bonds. The minimum Gasteiger partial charge on any atom is -0.494 e. The second-order valence-electron chi connectivity index (χ2n) is 5.47. The predicted octanol–water partition coefficient (Wildman–Crippen LogP) is 3.09. The zero-order valence-electron chi connectivity index (χ0n) is 14.3. The Kier molecular flexibility index (Phi) is 6.94. The van der Waals surface area contributed by atoms with Gasteiger partial charge in [0.1, 0.15) is 5.75 Å². The van der Waals surface area contributed by atoms with E-state index in [1.807, 2.05) is 0 Å². The highest BCUT2D eigenvalue weighted by Gasteiger charge is 2.17. The Morgan fingerprint density at radius 2 is 1.85 bits per heavy atom. The largest absolute Gasteiger partial charge is 0.494 e. The van der Waals surface area contributed by atoms with Crippen molar-refractivity contribution in [1.82, 2.24) is 0 Å². The van der Waals surface area contributed by atoms with Gasteiger partial charge in [0.25, 0.3) is 5.91 Å². The molecule has 0 spiro atoms. The van der Waals surface area contributed by atoms with Gasteiger partial charge in [-0.05, 0) is 24.3 Å². The summed E-state index contributed by atoms with van der Waals surface area (Å²) in [4.78, 5) is 12.4. The Bertz CT molecular complexity index is 752. The standard InChI is InChI=1S/C18H20N2O5.ClH/c1-22-7-2-8-23-13-5-3-12(4-6-13)18(21)20-15-10-17-16(9-14(15)19)24-11-25-17;/h3-6,9-10H,2,7-8,11,19H2,1H3,(H,20,21);1H. The van der Waals surface area contributed by atoms with Crippen molar-refractivity contribution in [2.45, 2.75) is 6.42 Å². The Labute approximate surface area is 157 Å². The van der Waals surface area contributed by atoms with Crippen molar-refractivity contribution >= 4 is 29.7 Å². The van der Waals surface area contributed by atoms with Crippen LogP contribution < -0.4 is 25.3 Å². The second-order valence-corrected chi connectivity index (χ2v) is 5.47. The molecule has 0 radical (unpaired) electrons. The summed E-state index contributed by atoms with van der Waals surface area (Å²) < 4.78 is 21.1. The SMILES string of the molecule is COCCCOc1ccc(C(=O)Nc2cc3c(cc2N)OCO3)cc1.Cl. The first-order chi connectivity index (χ1) is 12.2. The first-order valence-electron chi connectivity index (χ1n) is 7.89. The quantitative estimate of drug-likeness (QED) is 0.566. The van der Waals surface area contributed by atoms with Gasteiger partial charge in [-0.3, -0.25) is 4.79 Å². The lowest BCUT2D eigenvalue weighted by Gasteiger charge is -2.10. The molecule has 0 bridgehead atoms. The number of benzene rings is 2. The van der Waals surface area contributed by atoms with Crippen LogP contribution in [0.3, 0.4) is 0 Å². The van der Waals surface area contributed by atoms with E-state index in [0.29, 0.717) is 47.4 Å². The average molecular weight is 381 g/mol. The number of carbonyl (C=O) groups is 1. The molecule has 2 aromatic carbocycles. The van der Waals surface area contributed by atoms with Crippen LogP contribution in [0.25, 0.3) is 0 Å². The molecule has 3 N–H and O–H groups in total. The number of anilines is 2. The van der Waals surface area contributed by atoms with Gasteiger partial charge in [0.15, 0.2) is 11.5 Å². The highest BCUT2D eigenvalue weighted by Crippen LogP contribution is 2.38. The summed E-state index contributed by atoms with van der Waals surface area (Å²) in [6.45, 7) is 1.36. The zero-order chi connectivity index (χ0) is 17.6. The molecule has 0 saturated carbocycles. The van der Waals surface area contributed by atoms with Crippen LogP contribution in [-0.4, -0.2) is 33.0 Å². The Hall–Kier alpha value is -2.64. The summed E-state index contributed by atoms with van der Waals surface area (Å²) in [6, 6.07) is 10.2. The third kappa shape index (κ3) is 4.71. The fourth-order valence-corrected chi connectivity index (χ4v) is 2.36. The number of amides is 1. The number of hydrogen-bond donors (Lipinski definition) is 2. The minimum atomic E-state index is -0.267. The first-order valence-corrected chi connectivity index (χ1v) is 7.89. The lowest BCUT2D eigenvalue weighted by Crippen LogP contribution is -2.13. The summed E-state index contributed by atoms with van der Waals surface area (Å²) in [5.74, 6) is 1.57. The van der Waals surface area contributed by atoms with Crippen molar-refractivity contribution < 1.29 is 23.7 Å². The number of nitrogen functional groups attached to an aromatic ring is 1. The minimum absolute atomic E-state index is 0. The second kappa shape index (κ2) is 9.17. The third-order valence-electron chi connectivity index (χ3n) is 3.67. The number of hydrogen-bond acceptors (Lipinski definition) is 6. The van der Waals surface area contributed by atoms with E-state index in [2.05, 4.69) is 5.32 Å². The van der Waals surface area contributed by atoms with Gasteiger partial charge >= 0.3 is 0 Å². The van der Waals surface area contributed by atoms with E-state index in [1.165, 1.54) is 0 Å². The lowest BCUT2D eigenvalue weighted by molar-refractivity contribution is 0.102. The molecule has 0 aliphatic carbocycles. The van der Waals surface area contributed by atoms with Crippen LogP contribution in [-0.2, 0) is 4.74 Å². The number of halogens is 1. The third-order valence-corrected chi connectivity index (χ3v) is 3.67. The molecule has 8 heteroatoms. The molecular weight excluding hydrogens is 360 g/mol. The van der Waals surface area contributed by atoms with Gasteiger partial charge in [-0.25, -0.2) is 0 Å². The van der Waals surface area contributed by atoms with Crippen LogP contribution in [0.4, 0.5) is 11.4 Å². The number of methoxy groups -OCH3 is 1. The van der Waals surface area contributed by atoms with Crippen LogP contribution in [0.15, 0.2) is 36.4 Å². The molecule has 1 aliphatic heterocycles. The summed E-state index contributed by atoms with van der Waals surface area (Å²) in [5, 5.41) is 2.78. The summed E-state index contributed by atoms with van der Waals surface area (Å²) >= 11 is 0. The maximum atomic E-state index is 12.4. The average Bonchev–Trinajstić information content (AvgIpc) is 3.06. The monoisotopic (exact) mass is 380 g/mol. The number of fused-ring (bicyclic) bond motifs is 1. The van der Waals surface area contributed by atoms with Crippen LogP contribution >= 0.6 is 12.4 Å². The summed E-state index contributed by atoms with van der Waals surface area (Å²) in [7, 11) is 1.65. The van der Waals surface area contributed by atoms with Gasteiger partial charge in [-0.2, -0.15) is 0 Å². The molecule has 140 valence electrons.